The summed E-state index contributed by atoms with van der Waals surface area (Å²) < 4.78 is 0. The lowest BCUT2D eigenvalue weighted by Gasteiger charge is -2.28. The van der Waals surface area contributed by atoms with Crippen LogP contribution in [-0.4, -0.2) is 85.2 Å². The van der Waals surface area contributed by atoms with E-state index in [0.29, 0.717) is 12.1 Å². The number of rotatable bonds is 15. The number of carbonyl (C=O) groups excluding carboxylic acids is 3. The summed E-state index contributed by atoms with van der Waals surface area (Å²) in [5.74, 6) is -5.42. The molecule has 0 bridgehead atoms. The predicted molar refractivity (Wildman–Crippen MR) is 122 cm³/mol. The molecule has 0 fully saturated rings. The maximum absolute atomic E-state index is 13.0. The van der Waals surface area contributed by atoms with Crippen molar-refractivity contribution in [1.82, 2.24) is 25.9 Å². The van der Waals surface area contributed by atoms with Crippen LogP contribution >= 0.6 is 0 Å². The van der Waals surface area contributed by atoms with Gasteiger partial charge < -0.3 is 42.0 Å². The second-order valence-electron chi connectivity index (χ2n) is 8.31. The van der Waals surface area contributed by atoms with Crippen molar-refractivity contribution < 1.29 is 39.3 Å². The average molecular weight is 499 g/mol. The minimum Gasteiger partial charge on any atom is -0.481 e. The van der Waals surface area contributed by atoms with E-state index in [4.69, 9.17) is 10.8 Å². The van der Waals surface area contributed by atoms with Gasteiger partial charge in [0.25, 0.3) is 0 Å². The van der Waals surface area contributed by atoms with Gasteiger partial charge >= 0.3 is 11.9 Å². The fourth-order valence-electron chi connectivity index (χ4n) is 3.06. The van der Waals surface area contributed by atoms with Gasteiger partial charge in [-0.2, -0.15) is 0 Å². The lowest BCUT2D eigenvalue weighted by molar-refractivity contribution is -0.142. The highest BCUT2D eigenvalue weighted by molar-refractivity contribution is 5.94. The average Bonchev–Trinajstić information content (AvgIpc) is 3.31. The molecule has 0 aromatic carbocycles. The molecule has 0 aliphatic rings. The molecule has 196 valence electrons. The van der Waals surface area contributed by atoms with Gasteiger partial charge in [-0.25, -0.2) is 9.78 Å². The quantitative estimate of drug-likeness (QED) is 0.134. The van der Waals surface area contributed by atoms with Gasteiger partial charge in [0, 0.05) is 24.7 Å². The second kappa shape index (κ2) is 14.0. The van der Waals surface area contributed by atoms with E-state index in [1.165, 1.54) is 19.4 Å². The van der Waals surface area contributed by atoms with Crippen molar-refractivity contribution in [2.45, 2.75) is 76.7 Å². The van der Waals surface area contributed by atoms with Crippen LogP contribution in [-0.2, 0) is 30.4 Å². The highest BCUT2D eigenvalue weighted by Gasteiger charge is 2.33. The number of aromatic amines is 1. The fraction of sp³-hybridized carbons (Fsp3) is 0.619. The van der Waals surface area contributed by atoms with Gasteiger partial charge in [0.1, 0.15) is 24.2 Å². The van der Waals surface area contributed by atoms with Crippen LogP contribution in [0.15, 0.2) is 12.5 Å². The molecule has 35 heavy (non-hydrogen) atoms. The first-order valence-corrected chi connectivity index (χ1v) is 11.1. The number of aliphatic hydroxyl groups is 1. The maximum Gasteiger partial charge on any atom is 0.326 e. The fourth-order valence-corrected chi connectivity index (χ4v) is 3.06. The number of nitrogens with two attached hydrogens (primary N) is 1. The zero-order chi connectivity index (χ0) is 26.7. The normalized spacial score (nSPS) is 16.1. The molecule has 6 unspecified atom stereocenters. The van der Waals surface area contributed by atoms with Crippen molar-refractivity contribution in [2.75, 3.05) is 0 Å². The molecule has 0 radical (unpaired) electrons. The van der Waals surface area contributed by atoms with Crippen LogP contribution in [0.5, 0.6) is 0 Å². The zero-order valence-electron chi connectivity index (χ0n) is 19.9. The van der Waals surface area contributed by atoms with E-state index in [0.717, 1.165) is 0 Å². The lowest BCUT2D eigenvalue weighted by Crippen LogP contribution is -2.59. The Hall–Kier alpha value is -3.52. The van der Waals surface area contributed by atoms with Gasteiger partial charge in [-0.3, -0.25) is 19.2 Å². The van der Waals surface area contributed by atoms with Crippen molar-refractivity contribution in [3.63, 3.8) is 0 Å². The first-order chi connectivity index (χ1) is 16.4. The predicted octanol–water partition coefficient (Wildman–Crippen LogP) is -1.89. The summed E-state index contributed by atoms with van der Waals surface area (Å²) in [7, 11) is 0. The molecule has 1 heterocycles. The van der Waals surface area contributed by atoms with Gasteiger partial charge in [0.15, 0.2) is 0 Å². The van der Waals surface area contributed by atoms with Crippen molar-refractivity contribution in [3.8, 4) is 0 Å². The Balaban J connectivity index is 3.03. The molecule has 1 aromatic rings. The lowest BCUT2D eigenvalue weighted by atomic mass is 9.96. The number of nitrogens with one attached hydrogen (secondary N) is 4. The topological polar surface area (TPSA) is 237 Å². The van der Waals surface area contributed by atoms with E-state index < -0.39 is 72.3 Å². The number of carboxylic acid groups (broad SMARTS) is 2. The highest BCUT2D eigenvalue weighted by Crippen LogP contribution is 2.11. The number of aliphatic hydroxyl groups excluding tert-OH is 1. The number of hydrogen-bond acceptors (Lipinski definition) is 8. The summed E-state index contributed by atoms with van der Waals surface area (Å²) in [5, 5.41) is 35.2. The molecule has 1 rings (SSSR count). The number of imidazole rings is 1. The molecule has 9 N–H and O–H groups in total. The Morgan fingerprint density at radius 1 is 1.03 bits per heavy atom. The van der Waals surface area contributed by atoms with E-state index in [1.807, 2.05) is 0 Å². The summed E-state index contributed by atoms with van der Waals surface area (Å²) in [6.45, 7) is 4.72. The zero-order valence-corrected chi connectivity index (χ0v) is 19.9. The molecule has 6 atom stereocenters. The van der Waals surface area contributed by atoms with Crippen molar-refractivity contribution in [3.05, 3.63) is 18.2 Å². The highest BCUT2D eigenvalue weighted by atomic mass is 16.4. The Morgan fingerprint density at radius 2 is 1.66 bits per heavy atom. The third-order valence-corrected chi connectivity index (χ3v) is 5.49. The first kappa shape index (κ1) is 29.5. The van der Waals surface area contributed by atoms with Crippen LogP contribution in [0.4, 0.5) is 0 Å². The maximum atomic E-state index is 13.0. The van der Waals surface area contributed by atoms with Crippen LogP contribution in [0, 0.1) is 5.92 Å². The number of carbonyl (C=O) groups is 5. The Kier molecular flexibility index (Phi) is 11.8. The number of aliphatic carboxylic acids is 2. The minimum atomic E-state index is -1.36. The number of aromatic nitrogens is 2. The van der Waals surface area contributed by atoms with E-state index in [2.05, 4.69) is 25.9 Å². The van der Waals surface area contributed by atoms with Gasteiger partial charge in [0.05, 0.1) is 12.4 Å². The van der Waals surface area contributed by atoms with Crippen LogP contribution < -0.4 is 21.7 Å². The molecule has 14 nitrogen and oxygen atoms in total. The molecule has 14 heteroatoms. The summed E-state index contributed by atoms with van der Waals surface area (Å²) in [4.78, 5) is 67.4. The second-order valence-corrected chi connectivity index (χ2v) is 8.31. The van der Waals surface area contributed by atoms with Crippen molar-refractivity contribution in [2.24, 2.45) is 11.7 Å². The molecule has 0 saturated carbocycles. The number of nitrogens with zero attached hydrogens (tertiary/aromatic N) is 1. The molecule has 0 spiro atoms. The van der Waals surface area contributed by atoms with Crippen LogP contribution in [0.1, 0.15) is 45.7 Å². The molecule has 0 saturated heterocycles. The summed E-state index contributed by atoms with van der Waals surface area (Å²) in [6, 6.07) is -5.20. The van der Waals surface area contributed by atoms with Crippen LogP contribution in [0.25, 0.3) is 0 Å². The molecule has 0 aliphatic carbocycles. The summed E-state index contributed by atoms with van der Waals surface area (Å²) in [6.07, 6.45) is 1.17. The van der Waals surface area contributed by atoms with E-state index >= 15 is 0 Å². The number of carboxylic acids is 2. The molecule has 1 aromatic heterocycles. The van der Waals surface area contributed by atoms with Gasteiger partial charge in [-0.15, -0.1) is 0 Å². The third kappa shape index (κ3) is 9.70. The molecule has 0 aliphatic heterocycles. The van der Waals surface area contributed by atoms with E-state index in [1.54, 1.807) is 13.8 Å². The smallest absolute Gasteiger partial charge is 0.326 e. The van der Waals surface area contributed by atoms with E-state index in [9.17, 15) is 34.2 Å². The minimum absolute atomic E-state index is 0.0726. The first-order valence-electron chi connectivity index (χ1n) is 11.1. The van der Waals surface area contributed by atoms with Gasteiger partial charge in [-0.05, 0) is 19.3 Å². The third-order valence-electron chi connectivity index (χ3n) is 5.49. The Bertz CT molecular complexity index is 875. The van der Waals surface area contributed by atoms with Gasteiger partial charge in [-0.1, -0.05) is 20.3 Å². The van der Waals surface area contributed by atoms with Crippen molar-refractivity contribution >= 4 is 29.7 Å². The number of hydrogen-bond donors (Lipinski definition) is 8. The summed E-state index contributed by atoms with van der Waals surface area (Å²) >= 11 is 0. The SMILES string of the molecule is CCC(C)C(NC(=O)C(CCC(=O)O)NC(=O)C(N)C(C)O)C(=O)NC(Cc1cnc[nH]1)C(=O)O. The van der Waals surface area contributed by atoms with Crippen LogP contribution in [0.2, 0.25) is 0 Å². The summed E-state index contributed by atoms with van der Waals surface area (Å²) in [5.41, 5.74) is 6.06. The van der Waals surface area contributed by atoms with E-state index in [-0.39, 0.29) is 12.8 Å². The van der Waals surface area contributed by atoms with Gasteiger partial charge in [0.2, 0.25) is 17.7 Å². The Morgan fingerprint density at radius 3 is 2.14 bits per heavy atom. The monoisotopic (exact) mass is 498 g/mol. The Labute approximate surface area is 202 Å². The van der Waals surface area contributed by atoms with Crippen LogP contribution in [0.3, 0.4) is 0 Å². The number of H-pyrrole nitrogens is 1. The largest absolute Gasteiger partial charge is 0.481 e. The standard InChI is InChI=1S/C21H34N6O8/c1-4-10(2)17(20(33)26-14(21(34)35)7-12-8-23-9-24-12)27-18(31)13(5-6-15(29)30)25-19(32)16(22)11(3)28/h8-11,13-14,16-17,28H,4-7,22H2,1-3H3,(H,23,24)(H,25,32)(H,26,33)(H,27,31)(H,29,30)(H,34,35). The molecule has 3 amide bonds. The van der Waals surface area contributed by atoms with Crippen molar-refractivity contribution in [1.29, 1.82) is 0 Å². The molecular formula is C21H34N6O8. The molecular weight excluding hydrogens is 464 g/mol. The number of amides is 3.